The first-order chi connectivity index (χ1) is 18.1. The second-order valence-electron chi connectivity index (χ2n) is 9.71. The summed E-state index contributed by atoms with van der Waals surface area (Å²) in [6, 6.07) is 20.1. The van der Waals surface area contributed by atoms with Gasteiger partial charge in [-0.15, -0.1) is 0 Å². The third-order valence-electron chi connectivity index (χ3n) is 7.68. The van der Waals surface area contributed by atoms with E-state index in [1.165, 1.54) is 12.8 Å². The number of aromatic nitrogens is 3. The summed E-state index contributed by atoms with van der Waals surface area (Å²) in [5, 5.41) is 24.9. The van der Waals surface area contributed by atoms with Crippen molar-refractivity contribution in [3.63, 3.8) is 0 Å². The van der Waals surface area contributed by atoms with Crippen LogP contribution in [0.15, 0.2) is 67.0 Å². The summed E-state index contributed by atoms with van der Waals surface area (Å²) in [6.07, 6.45) is 6.23. The normalized spacial score (nSPS) is 19.1. The number of fused-ring (bicyclic) bond motifs is 2. The van der Waals surface area contributed by atoms with Crippen molar-refractivity contribution in [2.75, 3.05) is 32.1 Å². The molecule has 2 bridgehead atoms. The molecule has 186 valence electrons. The first-order valence-corrected chi connectivity index (χ1v) is 12.5. The topological polar surface area (TPSA) is 90.4 Å². The predicted molar refractivity (Wildman–Crippen MR) is 142 cm³/mol. The lowest BCUT2D eigenvalue weighted by Gasteiger charge is -2.39. The molecule has 0 aliphatic carbocycles. The van der Waals surface area contributed by atoms with Crippen molar-refractivity contribution < 1.29 is 9.84 Å². The number of pyridine rings is 1. The molecule has 2 aromatic heterocycles. The van der Waals surface area contributed by atoms with E-state index in [9.17, 15) is 10.4 Å². The number of rotatable bonds is 5. The van der Waals surface area contributed by atoms with Crippen LogP contribution in [0.3, 0.4) is 0 Å². The standard InChI is InChI=1S/C29H28N6O2/c1-33-22-11-12-23(33)18-34(17-22)27-7-4-8-28(32-27)35-16-21(15-31-35)19-9-10-20(14-30)24(13-19)29-25(36)5-3-6-26(29)37-2/h3-10,13,15-16,22-23,36H,11-12,17-18H2,1-2H3. The Labute approximate surface area is 216 Å². The molecule has 0 radical (unpaired) electrons. The molecule has 6 rings (SSSR count). The number of anilines is 1. The van der Waals surface area contributed by atoms with Crippen LogP contribution in [0.4, 0.5) is 5.82 Å². The number of phenolic OH excluding ortho intramolecular Hbond substituents is 1. The molecule has 0 spiro atoms. The molecule has 0 saturated carbocycles. The summed E-state index contributed by atoms with van der Waals surface area (Å²) >= 11 is 0. The highest BCUT2D eigenvalue weighted by atomic mass is 16.5. The van der Waals surface area contributed by atoms with Gasteiger partial charge in [-0.25, -0.2) is 9.67 Å². The van der Waals surface area contributed by atoms with Crippen LogP contribution < -0.4 is 9.64 Å². The molecule has 1 N–H and O–H groups in total. The van der Waals surface area contributed by atoms with Crippen molar-refractivity contribution in [3.8, 4) is 45.6 Å². The molecule has 2 aliphatic heterocycles. The Morgan fingerprint density at radius 2 is 1.76 bits per heavy atom. The molecule has 2 aliphatic rings. The predicted octanol–water partition coefficient (Wildman–Crippen LogP) is 4.47. The minimum absolute atomic E-state index is 0.0575. The number of ether oxygens (including phenoxy) is 1. The zero-order valence-corrected chi connectivity index (χ0v) is 20.9. The lowest BCUT2D eigenvalue weighted by atomic mass is 9.95. The fourth-order valence-corrected chi connectivity index (χ4v) is 5.60. The van der Waals surface area contributed by atoms with Crippen LogP contribution in [0.25, 0.3) is 28.1 Å². The first-order valence-electron chi connectivity index (χ1n) is 12.5. The number of methoxy groups -OCH3 is 1. The summed E-state index contributed by atoms with van der Waals surface area (Å²) in [7, 11) is 3.78. The third-order valence-corrected chi connectivity index (χ3v) is 7.68. The van der Waals surface area contributed by atoms with Crippen molar-refractivity contribution >= 4 is 5.82 Å². The van der Waals surface area contributed by atoms with Gasteiger partial charge in [0.25, 0.3) is 0 Å². The zero-order valence-electron chi connectivity index (χ0n) is 20.9. The molecule has 2 aromatic carbocycles. The Morgan fingerprint density at radius 3 is 2.51 bits per heavy atom. The van der Waals surface area contributed by atoms with Crippen molar-refractivity contribution in [3.05, 3.63) is 72.6 Å². The SMILES string of the molecule is COc1cccc(O)c1-c1cc(-c2cnn(-c3cccc(N4CC5CCC(C4)N5C)n3)c2)ccc1C#N. The summed E-state index contributed by atoms with van der Waals surface area (Å²) in [5.74, 6) is 2.29. The Hall–Kier alpha value is -4.35. The third kappa shape index (κ3) is 4.07. The van der Waals surface area contributed by atoms with E-state index < -0.39 is 0 Å². The van der Waals surface area contributed by atoms with Crippen LogP contribution in [0.2, 0.25) is 0 Å². The van der Waals surface area contributed by atoms with E-state index in [-0.39, 0.29) is 5.75 Å². The van der Waals surface area contributed by atoms with E-state index in [0.717, 1.165) is 35.9 Å². The quantitative estimate of drug-likeness (QED) is 0.440. The Bertz CT molecular complexity index is 1490. The van der Waals surface area contributed by atoms with Gasteiger partial charge in [-0.2, -0.15) is 10.4 Å². The van der Waals surface area contributed by atoms with Crippen LogP contribution in [0.5, 0.6) is 11.5 Å². The number of piperazine rings is 1. The van der Waals surface area contributed by atoms with Crippen molar-refractivity contribution in [2.24, 2.45) is 0 Å². The highest BCUT2D eigenvalue weighted by Crippen LogP contribution is 2.41. The van der Waals surface area contributed by atoms with E-state index in [2.05, 4.69) is 34.1 Å². The molecule has 37 heavy (non-hydrogen) atoms. The maximum atomic E-state index is 10.6. The summed E-state index contributed by atoms with van der Waals surface area (Å²) < 4.78 is 7.25. The van der Waals surface area contributed by atoms with Gasteiger partial charge in [0.1, 0.15) is 17.3 Å². The first kappa shape index (κ1) is 23.1. The van der Waals surface area contributed by atoms with Gasteiger partial charge >= 0.3 is 0 Å². The molecule has 2 saturated heterocycles. The number of phenols is 1. The number of likely N-dealkylation sites (N-methyl/N-ethyl adjacent to an activating group) is 1. The number of nitriles is 1. The van der Waals surface area contributed by atoms with Gasteiger partial charge in [-0.1, -0.05) is 18.2 Å². The van der Waals surface area contributed by atoms with E-state index >= 15 is 0 Å². The van der Waals surface area contributed by atoms with Gasteiger partial charge in [-0.3, -0.25) is 4.90 Å². The van der Waals surface area contributed by atoms with E-state index in [4.69, 9.17) is 9.72 Å². The van der Waals surface area contributed by atoms with Gasteiger partial charge < -0.3 is 14.7 Å². The minimum atomic E-state index is 0.0575. The maximum absolute atomic E-state index is 10.6. The Balaban J connectivity index is 1.32. The highest BCUT2D eigenvalue weighted by molar-refractivity contribution is 5.84. The van der Waals surface area contributed by atoms with Gasteiger partial charge in [0.2, 0.25) is 0 Å². The number of hydrogen-bond acceptors (Lipinski definition) is 7. The van der Waals surface area contributed by atoms with E-state index in [1.54, 1.807) is 42.3 Å². The average molecular weight is 493 g/mol. The molecule has 2 unspecified atom stereocenters. The van der Waals surface area contributed by atoms with E-state index in [1.807, 2.05) is 30.5 Å². The summed E-state index contributed by atoms with van der Waals surface area (Å²) in [5.41, 5.74) is 3.30. The summed E-state index contributed by atoms with van der Waals surface area (Å²) in [4.78, 5) is 9.84. The van der Waals surface area contributed by atoms with Crippen molar-refractivity contribution in [2.45, 2.75) is 24.9 Å². The number of nitrogens with zero attached hydrogens (tertiary/aromatic N) is 6. The Morgan fingerprint density at radius 1 is 1.00 bits per heavy atom. The van der Waals surface area contributed by atoms with Crippen molar-refractivity contribution in [1.29, 1.82) is 5.26 Å². The van der Waals surface area contributed by atoms with Gasteiger partial charge in [0, 0.05) is 42.5 Å². The smallest absolute Gasteiger partial charge is 0.155 e. The number of hydrogen-bond donors (Lipinski definition) is 1. The van der Waals surface area contributed by atoms with Gasteiger partial charge in [0.15, 0.2) is 5.82 Å². The Kier molecular flexibility index (Phi) is 5.78. The van der Waals surface area contributed by atoms with E-state index in [0.29, 0.717) is 34.5 Å². The second kappa shape index (κ2) is 9.26. The fraction of sp³-hybridized carbons (Fsp3) is 0.276. The lowest BCUT2D eigenvalue weighted by Crippen LogP contribution is -2.52. The molecular formula is C29H28N6O2. The monoisotopic (exact) mass is 492 g/mol. The molecule has 2 fully saturated rings. The number of aromatic hydroxyl groups is 1. The fourth-order valence-electron chi connectivity index (χ4n) is 5.60. The van der Waals surface area contributed by atoms with Crippen LogP contribution in [-0.4, -0.2) is 64.1 Å². The molecule has 2 atom stereocenters. The van der Waals surface area contributed by atoms with Gasteiger partial charge in [-0.05, 0) is 61.9 Å². The summed E-state index contributed by atoms with van der Waals surface area (Å²) in [6.45, 7) is 2.00. The van der Waals surface area contributed by atoms with Crippen LogP contribution in [0.1, 0.15) is 18.4 Å². The largest absolute Gasteiger partial charge is 0.507 e. The molecule has 4 aromatic rings. The molecule has 4 heterocycles. The minimum Gasteiger partial charge on any atom is -0.507 e. The van der Waals surface area contributed by atoms with Gasteiger partial charge in [0.05, 0.1) is 30.5 Å². The highest BCUT2D eigenvalue weighted by Gasteiger charge is 2.37. The van der Waals surface area contributed by atoms with Crippen LogP contribution >= 0.6 is 0 Å². The lowest BCUT2D eigenvalue weighted by molar-refractivity contribution is 0.212. The zero-order chi connectivity index (χ0) is 25.5. The van der Waals surface area contributed by atoms with Crippen LogP contribution in [-0.2, 0) is 0 Å². The second-order valence-corrected chi connectivity index (χ2v) is 9.71. The molecule has 0 amide bonds. The average Bonchev–Trinajstić information content (AvgIpc) is 3.48. The van der Waals surface area contributed by atoms with Crippen LogP contribution in [0, 0.1) is 11.3 Å². The number of benzene rings is 2. The molecule has 8 heteroatoms. The van der Waals surface area contributed by atoms with Crippen molar-refractivity contribution in [1.82, 2.24) is 19.7 Å². The molecule has 8 nitrogen and oxygen atoms in total. The molecular weight excluding hydrogens is 464 g/mol. The maximum Gasteiger partial charge on any atom is 0.155 e.